The first kappa shape index (κ1) is 85.5. The second kappa shape index (κ2) is 36.3. The lowest BCUT2D eigenvalue weighted by molar-refractivity contribution is -0.319. The lowest BCUT2D eigenvalue weighted by atomic mass is 9.80. The Balaban J connectivity index is 1.65. The van der Waals surface area contributed by atoms with Gasteiger partial charge in [0.2, 0.25) is 0 Å². The van der Waals surface area contributed by atoms with Gasteiger partial charge in [0.25, 0.3) is 16.0 Å². The fourth-order valence-corrected chi connectivity index (χ4v) is 12.5. The Kier molecular flexibility index (Phi) is 29.5. The van der Waals surface area contributed by atoms with E-state index in [2.05, 4.69) is 31.9 Å². The van der Waals surface area contributed by atoms with Gasteiger partial charge in [-0.3, -0.25) is 23.4 Å². The van der Waals surface area contributed by atoms with Crippen molar-refractivity contribution in [3.05, 3.63) is 108 Å². The summed E-state index contributed by atoms with van der Waals surface area (Å²) in [7, 11) is -4.89. The monoisotopic (exact) mass is 1500 g/mol. The lowest BCUT2D eigenvalue weighted by Gasteiger charge is -2.51. The Morgan fingerprint density at radius 1 is 0.476 bits per heavy atom. The van der Waals surface area contributed by atoms with Crippen LogP contribution in [0.25, 0.3) is 0 Å². The highest BCUT2D eigenvalue weighted by Gasteiger charge is 2.58. The minimum Gasteiger partial charge on any atom is -0.457 e. The molecule has 14 atom stereocenters. The predicted molar refractivity (Wildman–Crippen MR) is 377 cm³/mol. The fourth-order valence-electron chi connectivity index (χ4n) is 11.9. The zero-order valence-electron chi connectivity index (χ0n) is 63.3. The molecule has 3 aromatic carbocycles. The van der Waals surface area contributed by atoms with Gasteiger partial charge in [0.1, 0.15) is 64.1 Å². The highest BCUT2D eigenvalue weighted by molar-refractivity contribution is 7.86. The summed E-state index contributed by atoms with van der Waals surface area (Å²) in [6.45, 7) is 26.1. The molecule has 3 aromatic rings. The molecule has 6 N–H and O–H groups in total. The number of nitrogens with one attached hydrogen (secondary N) is 6. The number of carbonyl (C=O) groups excluding carboxylic acids is 9. The zero-order valence-corrected chi connectivity index (χ0v) is 64.1. The molecule has 0 bridgehead atoms. The van der Waals surface area contributed by atoms with E-state index in [9.17, 15) is 46.8 Å². The molecule has 0 radical (unpaired) electrons. The molecular formula is C73H106N6O25S. The van der Waals surface area contributed by atoms with Crippen LogP contribution in [0.1, 0.15) is 167 Å². The Hall–Kier alpha value is -8.40. The van der Waals surface area contributed by atoms with E-state index < -0.39 is 203 Å². The van der Waals surface area contributed by atoms with Crippen LogP contribution in [-0.2, 0) is 101 Å². The number of benzene rings is 3. The molecule has 31 nitrogen and oxygen atoms in total. The topological polar surface area (TPSA) is 389 Å². The zero-order chi connectivity index (χ0) is 78.2. The minimum absolute atomic E-state index is 0.0249. The van der Waals surface area contributed by atoms with Gasteiger partial charge < -0.3 is 93.5 Å². The van der Waals surface area contributed by atoms with Crippen LogP contribution < -0.4 is 31.9 Å². The van der Waals surface area contributed by atoms with E-state index in [0.29, 0.717) is 22.9 Å². The van der Waals surface area contributed by atoms with Crippen LogP contribution in [0, 0.1) is 0 Å². The molecule has 6 amide bonds. The summed E-state index contributed by atoms with van der Waals surface area (Å²) in [5, 5.41) is 16.2. The van der Waals surface area contributed by atoms with Gasteiger partial charge in [-0.05, 0) is 140 Å². The highest BCUT2D eigenvalue weighted by atomic mass is 32.2. The molecule has 584 valence electrons. The van der Waals surface area contributed by atoms with E-state index in [-0.39, 0.29) is 25.9 Å². The van der Waals surface area contributed by atoms with Crippen molar-refractivity contribution >= 4 is 64.4 Å². The maximum absolute atomic E-state index is 15.3. The van der Waals surface area contributed by atoms with Gasteiger partial charge in [-0.2, -0.15) is 8.42 Å². The molecule has 32 heteroatoms. The van der Waals surface area contributed by atoms with E-state index in [4.69, 9.17) is 65.8 Å². The summed E-state index contributed by atoms with van der Waals surface area (Å²) in [5.41, 5.74) is -5.05. The third-order valence-corrected chi connectivity index (χ3v) is 16.1. The van der Waals surface area contributed by atoms with Crippen molar-refractivity contribution in [1.29, 1.82) is 0 Å². The minimum atomic E-state index is -4.89. The van der Waals surface area contributed by atoms with Crippen LogP contribution in [0.5, 0.6) is 0 Å². The van der Waals surface area contributed by atoms with Crippen LogP contribution in [-0.4, -0.2) is 202 Å². The summed E-state index contributed by atoms with van der Waals surface area (Å²) in [5.74, 6) is -4.04. The molecule has 2 heterocycles. The summed E-state index contributed by atoms with van der Waals surface area (Å²) in [4.78, 5) is 125. The molecule has 3 fully saturated rings. The van der Waals surface area contributed by atoms with Crippen LogP contribution in [0.4, 0.5) is 24.0 Å². The first-order valence-electron chi connectivity index (χ1n) is 34.7. The average molecular weight is 1500 g/mol. The first-order valence-corrected chi connectivity index (χ1v) is 36.5. The summed E-state index contributed by atoms with van der Waals surface area (Å²) in [6.07, 6.45) is -23.2. The molecule has 105 heavy (non-hydrogen) atoms. The molecule has 2 saturated heterocycles. The van der Waals surface area contributed by atoms with Crippen LogP contribution in [0.2, 0.25) is 0 Å². The van der Waals surface area contributed by atoms with Gasteiger partial charge in [0.05, 0.1) is 37.1 Å². The van der Waals surface area contributed by atoms with Gasteiger partial charge in [-0.15, -0.1) is 0 Å². The summed E-state index contributed by atoms with van der Waals surface area (Å²) < 4.78 is 116. The average Bonchev–Trinajstić information content (AvgIpc) is 0.756. The number of rotatable bonds is 25. The molecule has 1 aliphatic carbocycles. The van der Waals surface area contributed by atoms with Gasteiger partial charge in [-0.1, -0.05) is 91.0 Å². The highest BCUT2D eigenvalue weighted by Crippen LogP contribution is 2.43. The van der Waals surface area contributed by atoms with Crippen molar-refractivity contribution in [3.8, 4) is 0 Å². The van der Waals surface area contributed by atoms with E-state index in [1.54, 1.807) is 140 Å². The number of amides is 6. The summed E-state index contributed by atoms with van der Waals surface area (Å²) >= 11 is 0. The van der Waals surface area contributed by atoms with E-state index in [1.165, 1.54) is 0 Å². The maximum atomic E-state index is 15.3. The summed E-state index contributed by atoms with van der Waals surface area (Å²) in [6, 6.07) is 21.0. The normalized spacial score (nSPS) is 24.2. The molecule has 2 aliphatic heterocycles. The van der Waals surface area contributed by atoms with Crippen molar-refractivity contribution in [2.24, 2.45) is 0 Å². The largest absolute Gasteiger partial charge is 0.457 e. The van der Waals surface area contributed by atoms with Crippen molar-refractivity contribution in [3.63, 3.8) is 0 Å². The van der Waals surface area contributed by atoms with Crippen molar-refractivity contribution in [1.82, 2.24) is 31.9 Å². The first-order chi connectivity index (χ1) is 48.7. The molecule has 1 saturated carbocycles. The Morgan fingerprint density at radius 2 is 0.895 bits per heavy atom. The third-order valence-electron chi connectivity index (χ3n) is 15.5. The van der Waals surface area contributed by atoms with Crippen LogP contribution in [0.15, 0.2) is 91.0 Å². The number of hydrogen-bond acceptors (Lipinski definition) is 25. The van der Waals surface area contributed by atoms with Gasteiger partial charge >= 0.3 is 48.4 Å². The van der Waals surface area contributed by atoms with Crippen molar-refractivity contribution in [2.45, 2.75) is 269 Å². The van der Waals surface area contributed by atoms with Crippen molar-refractivity contribution in [2.75, 3.05) is 26.0 Å². The second-order valence-electron chi connectivity index (χ2n) is 30.7. The van der Waals surface area contributed by atoms with Crippen molar-refractivity contribution < 1.29 is 117 Å². The quantitative estimate of drug-likeness (QED) is 0.0202. The molecular weight excluding hydrogens is 1390 g/mol. The third kappa shape index (κ3) is 27.8. The molecule has 0 spiro atoms. The van der Waals surface area contributed by atoms with Gasteiger partial charge in [0, 0.05) is 40.3 Å². The maximum Gasteiger partial charge on any atom is 0.408 e. The molecule has 6 unspecified atom stereocenters. The second-order valence-corrected chi connectivity index (χ2v) is 32.3. The SMILES string of the molecule is CC(=O)OC1[C@@H](O[C@@H]2C(OS(C)(=O)=O)C(O[C@H]3OC(CNC(=O)OC(C)(C)C)CCC3NC(=O)OC(C)(C)C)[C@H](NC(=O)OC(C)(C)C)C[C@H]2NC(=O)[C@H](CCNC(=O)OC(C)(C)C)OC(C)=O)OC(COC(c2ccccc2)(c2ccccc2)c2ccccc2)[C@H](OC(C)=O)[C@@H]1NC(=O)OC(C)(C)C. The lowest BCUT2D eigenvalue weighted by Crippen LogP contribution is -2.71. The molecule has 3 aliphatic rings. The Bertz CT molecular complexity index is 3440. The van der Waals surface area contributed by atoms with Gasteiger partial charge in [-0.25, -0.2) is 24.0 Å². The standard InChI is InChI=1S/C73H106N6O25S/c1-42(80)92-52(37-38-74-63(84)99-68(4,5)6)60(83)76-50-39-51(78-66(87)102-71(13,14)15)56(97-61-49(77-65(86)101-70(10,11)12)36-35-48(95-61)40-75-64(85)100-69(7,8)9)59(104-105(19,89)90)55(50)98-62-58(94-44(3)82)54(79-67(88)103-72(16,17)18)57(93-43(2)81)53(96-62)41-91-73(45-29-23-20-24-30-45,46-31-25-21-26-32-46)47-33-27-22-28-34-47/h20-34,48-59,61-62H,35-41H2,1-19H3,(H,74,84)(H,75,85)(H,76,83)(H,77,86)(H,78,87)(H,79,88)/t48?,49?,50-,51-,52+,53?,54+,55+,56?,57+,58?,59?,61-,62-/m1/s1. The molecule has 0 aromatic heterocycles. The smallest absolute Gasteiger partial charge is 0.408 e. The number of ether oxygens (including phenoxy) is 13. The number of hydrogen-bond donors (Lipinski definition) is 6. The van der Waals surface area contributed by atoms with E-state index >= 15 is 4.79 Å². The van der Waals surface area contributed by atoms with E-state index in [0.717, 1.165) is 20.8 Å². The fraction of sp³-hybridized carbons (Fsp3) is 0.630. The predicted octanol–water partition coefficient (Wildman–Crippen LogP) is 8.14. The number of carbonyl (C=O) groups is 9. The Labute approximate surface area is 614 Å². The molecule has 6 rings (SSSR count). The van der Waals surface area contributed by atoms with Crippen LogP contribution in [0.3, 0.4) is 0 Å². The number of alkyl carbamates (subject to hydrolysis) is 5. The van der Waals surface area contributed by atoms with Gasteiger partial charge in [0.15, 0.2) is 30.9 Å². The van der Waals surface area contributed by atoms with E-state index in [1.807, 2.05) is 54.6 Å². The Morgan fingerprint density at radius 3 is 1.34 bits per heavy atom. The van der Waals surface area contributed by atoms with Crippen LogP contribution >= 0.6 is 0 Å². The number of esters is 3.